The van der Waals surface area contributed by atoms with Crippen LogP contribution in [0.5, 0.6) is 0 Å². The minimum absolute atomic E-state index is 0.0634. The Morgan fingerprint density at radius 2 is 1.86 bits per heavy atom. The fraction of sp³-hybridized carbons (Fsp3) is 0.176. The van der Waals surface area contributed by atoms with E-state index in [2.05, 4.69) is 9.97 Å². The number of hydrogen-bond acceptors (Lipinski definition) is 3. The number of rotatable bonds is 1. The molecule has 0 amide bonds. The summed E-state index contributed by atoms with van der Waals surface area (Å²) in [7, 11) is 0. The van der Waals surface area contributed by atoms with Crippen LogP contribution < -0.4 is 5.56 Å². The molecule has 4 aromatic rings. The van der Waals surface area contributed by atoms with Crippen LogP contribution in [0.4, 0.5) is 0 Å². The minimum Gasteiger partial charge on any atom is -0.358 e. The Morgan fingerprint density at radius 3 is 2.68 bits per heavy atom. The van der Waals surface area contributed by atoms with Crippen LogP contribution >= 0.6 is 11.3 Å². The van der Waals surface area contributed by atoms with Crippen molar-refractivity contribution < 1.29 is 0 Å². The van der Waals surface area contributed by atoms with Crippen LogP contribution in [-0.4, -0.2) is 15.0 Å². The Morgan fingerprint density at radius 1 is 1.09 bits per heavy atom. The van der Waals surface area contributed by atoms with Gasteiger partial charge in [0.25, 0.3) is 5.56 Å². The van der Waals surface area contributed by atoms with Gasteiger partial charge in [0.2, 0.25) is 0 Å². The zero-order valence-electron chi connectivity index (χ0n) is 12.6. The molecular formula is C17H15N3OS. The summed E-state index contributed by atoms with van der Waals surface area (Å²) in [6.45, 7) is 6.00. The largest absolute Gasteiger partial charge is 0.358 e. The van der Waals surface area contributed by atoms with Crippen molar-refractivity contribution >= 4 is 32.5 Å². The fourth-order valence-corrected chi connectivity index (χ4v) is 3.98. The molecule has 5 heteroatoms. The highest BCUT2D eigenvalue weighted by Gasteiger charge is 2.16. The van der Waals surface area contributed by atoms with Crippen molar-refractivity contribution in [1.29, 1.82) is 0 Å². The number of hydrogen-bond donors (Lipinski definition) is 2. The molecule has 3 heterocycles. The summed E-state index contributed by atoms with van der Waals surface area (Å²) in [5.41, 5.74) is 3.99. The van der Waals surface area contributed by atoms with E-state index in [1.807, 2.05) is 45.0 Å². The molecule has 0 saturated heterocycles. The zero-order chi connectivity index (χ0) is 15.4. The van der Waals surface area contributed by atoms with Crippen LogP contribution in [0.3, 0.4) is 0 Å². The van der Waals surface area contributed by atoms with E-state index in [-0.39, 0.29) is 5.56 Å². The van der Waals surface area contributed by atoms with Gasteiger partial charge in [0.05, 0.1) is 5.39 Å². The topological polar surface area (TPSA) is 61.5 Å². The van der Waals surface area contributed by atoms with Gasteiger partial charge in [-0.3, -0.25) is 4.79 Å². The number of para-hydroxylation sites is 1. The number of benzene rings is 1. The van der Waals surface area contributed by atoms with Gasteiger partial charge < -0.3 is 9.97 Å². The molecule has 0 saturated carbocycles. The van der Waals surface area contributed by atoms with Crippen LogP contribution in [0, 0.1) is 20.8 Å². The molecule has 0 aliphatic rings. The Balaban J connectivity index is 2.09. The first kappa shape index (κ1) is 13.3. The van der Waals surface area contributed by atoms with Gasteiger partial charge in [-0.05, 0) is 32.4 Å². The first-order valence-corrected chi connectivity index (χ1v) is 7.95. The normalized spacial score (nSPS) is 11.6. The number of H-pyrrole nitrogens is 2. The molecule has 0 aliphatic heterocycles. The third-order valence-electron chi connectivity index (χ3n) is 4.17. The molecular weight excluding hydrogens is 294 g/mol. The molecule has 4 nitrogen and oxygen atoms in total. The first-order chi connectivity index (χ1) is 10.6. The Labute approximate surface area is 130 Å². The van der Waals surface area contributed by atoms with E-state index in [9.17, 15) is 4.79 Å². The molecule has 0 bridgehead atoms. The monoisotopic (exact) mass is 309 g/mol. The number of thiophene rings is 1. The molecule has 0 spiro atoms. The van der Waals surface area contributed by atoms with Crippen molar-refractivity contribution in [3.63, 3.8) is 0 Å². The Kier molecular flexibility index (Phi) is 2.74. The molecule has 22 heavy (non-hydrogen) atoms. The first-order valence-electron chi connectivity index (χ1n) is 7.14. The summed E-state index contributed by atoms with van der Waals surface area (Å²) in [6, 6.07) is 8.06. The van der Waals surface area contributed by atoms with Gasteiger partial charge in [-0.1, -0.05) is 18.2 Å². The van der Waals surface area contributed by atoms with Crippen LogP contribution in [0.1, 0.15) is 16.1 Å². The lowest BCUT2D eigenvalue weighted by Gasteiger charge is -2.01. The molecule has 0 unspecified atom stereocenters. The van der Waals surface area contributed by atoms with Gasteiger partial charge in [0.15, 0.2) is 0 Å². The second-order valence-corrected chi connectivity index (χ2v) is 6.75. The number of fused-ring (bicyclic) bond motifs is 2. The van der Waals surface area contributed by atoms with Gasteiger partial charge in [0, 0.05) is 27.0 Å². The van der Waals surface area contributed by atoms with E-state index in [1.165, 1.54) is 0 Å². The standard InChI is InChI=1S/C17H15N3OS/c1-8-10(3)22-17-13(8)16(21)19-15(20-17)14-9(2)18-12-7-5-4-6-11(12)14/h4-7,18H,1-3H3,(H,19,20,21). The van der Waals surface area contributed by atoms with Gasteiger partial charge in [-0.25, -0.2) is 4.98 Å². The second-order valence-electron chi connectivity index (χ2n) is 5.55. The number of aromatic nitrogens is 3. The van der Waals surface area contributed by atoms with E-state index in [4.69, 9.17) is 4.98 Å². The van der Waals surface area contributed by atoms with Crippen molar-refractivity contribution in [2.24, 2.45) is 0 Å². The van der Waals surface area contributed by atoms with Gasteiger partial charge >= 0.3 is 0 Å². The maximum Gasteiger partial charge on any atom is 0.260 e. The van der Waals surface area contributed by atoms with E-state index in [0.29, 0.717) is 11.2 Å². The van der Waals surface area contributed by atoms with E-state index >= 15 is 0 Å². The van der Waals surface area contributed by atoms with Crippen molar-refractivity contribution in [2.75, 3.05) is 0 Å². The summed E-state index contributed by atoms with van der Waals surface area (Å²) in [5, 5.41) is 1.79. The quantitative estimate of drug-likeness (QED) is 0.557. The molecule has 110 valence electrons. The molecule has 4 rings (SSSR count). The molecule has 1 aromatic carbocycles. The fourth-order valence-electron chi connectivity index (χ4n) is 2.95. The highest BCUT2D eigenvalue weighted by Crippen LogP contribution is 2.32. The number of aromatic amines is 2. The number of nitrogens with one attached hydrogen (secondary N) is 2. The van der Waals surface area contributed by atoms with Gasteiger partial charge in [0.1, 0.15) is 10.7 Å². The predicted octanol–water partition coefficient (Wildman–Crippen LogP) is 4.06. The smallest absolute Gasteiger partial charge is 0.260 e. The predicted molar refractivity (Wildman–Crippen MR) is 91.7 cm³/mol. The van der Waals surface area contributed by atoms with E-state index in [1.54, 1.807) is 11.3 Å². The molecule has 2 N–H and O–H groups in total. The van der Waals surface area contributed by atoms with E-state index in [0.717, 1.165) is 37.4 Å². The molecule has 0 atom stereocenters. The molecule has 0 aliphatic carbocycles. The van der Waals surface area contributed by atoms with Crippen molar-refractivity contribution in [3.05, 3.63) is 50.8 Å². The van der Waals surface area contributed by atoms with Crippen molar-refractivity contribution in [1.82, 2.24) is 15.0 Å². The lowest BCUT2D eigenvalue weighted by molar-refractivity contribution is 1.17. The minimum atomic E-state index is -0.0634. The SMILES string of the molecule is Cc1[nH]c2ccccc2c1-c1nc2sc(C)c(C)c2c(=O)[nH]1. The lowest BCUT2D eigenvalue weighted by atomic mass is 10.1. The summed E-state index contributed by atoms with van der Waals surface area (Å²) in [5.74, 6) is 0.633. The van der Waals surface area contributed by atoms with Crippen molar-refractivity contribution in [3.8, 4) is 11.4 Å². The van der Waals surface area contributed by atoms with Gasteiger partial charge in [-0.15, -0.1) is 11.3 Å². The van der Waals surface area contributed by atoms with Crippen LogP contribution in [-0.2, 0) is 0 Å². The van der Waals surface area contributed by atoms with Crippen molar-refractivity contribution in [2.45, 2.75) is 20.8 Å². The van der Waals surface area contributed by atoms with Gasteiger partial charge in [-0.2, -0.15) is 0 Å². The molecule has 3 aromatic heterocycles. The highest BCUT2D eigenvalue weighted by atomic mass is 32.1. The summed E-state index contributed by atoms with van der Waals surface area (Å²) < 4.78 is 0. The van der Waals surface area contributed by atoms with Crippen LogP contribution in [0.25, 0.3) is 32.5 Å². The third-order valence-corrected chi connectivity index (χ3v) is 5.27. The van der Waals surface area contributed by atoms with Crippen LogP contribution in [0.15, 0.2) is 29.1 Å². The second kappa shape index (κ2) is 4.55. The Bertz CT molecular complexity index is 1080. The lowest BCUT2D eigenvalue weighted by Crippen LogP contribution is -2.09. The number of aryl methyl sites for hydroxylation is 3. The third kappa shape index (κ3) is 1.75. The molecule has 0 fully saturated rings. The summed E-state index contributed by atoms with van der Waals surface area (Å²) >= 11 is 1.57. The molecule has 0 radical (unpaired) electrons. The highest BCUT2D eigenvalue weighted by molar-refractivity contribution is 7.18. The summed E-state index contributed by atoms with van der Waals surface area (Å²) in [4.78, 5) is 25.4. The maximum atomic E-state index is 12.5. The summed E-state index contributed by atoms with van der Waals surface area (Å²) in [6.07, 6.45) is 0. The maximum absolute atomic E-state index is 12.5. The number of nitrogens with zero attached hydrogens (tertiary/aromatic N) is 1. The van der Waals surface area contributed by atoms with Crippen LogP contribution in [0.2, 0.25) is 0 Å². The average molecular weight is 309 g/mol. The zero-order valence-corrected chi connectivity index (χ0v) is 13.4. The average Bonchev–Trinajstić information content (AvgIpc) is 2.95. The van der Waals surface area contributed by atoms with E-state index < -0.39 is 0 Å². The Hall–Kier alpha value is -2.40.